The summed E-state index contributed by atoms with van der Waals surface area (Å²) in [6.45, 7) is 5.71. The van der Waals surface area contributed by atoms with Gasteiger partial charge in [0.2, 0.25) is 0 Å². The van der Waals surface area contributed by atoms with Crippen LogP contribution in [-0.2, 0) is 21.0 Å². The van der Waals surface area contributed by atoms with Crippen LogP contribution >= 0.6 is 0 Å². The van der Waals surface area contributed by atoms with Crippen LogP contribution in [0.3, 0.4) is 0 Å². The van der Waals surface area contributed by atoms with E-state index in [2.05, 4.69) is 0 Å². The molecule has 1 aromatic carbocycles. The predicted molar refractivity (Wildman–Crippen MR) is 82.4 cm³/mol. The summed E-state index contributed by atoms with van der Waals surface area (Å²) < 4.78 is 30.5. The van der Waals surface area contributed by atoms with Crippen molar-refractivity contribution in [2.24, 2.45) is 0 Å². The summed E-state index contributed by atoms with van der Waals surface area (Å²) >= 11 is 0. The minimum absolute atomic E-state index is 0.336. The van der Waals surface area contributed by atoms with Gasteiger partial charge in [-0.05, 0) is 32.3 Å². The van der Waals surface area contributed by atoms with Crippen LogP contribution in [-0.4, -0.2) is 37.4 Å². The van der Waals surface area contributed by atoms with Crippen molar-refractivity contribution in [2.75, 3.05) is 6.61 Å². The molecule has 2 rings (SSSR count). The first-order valence-electron chi connectivity index (χ1n) is 7.35. The zero-order chi connectivity index (χ0) is 15.6. The third-order valence-corrected chi connectivity index (χ3v) is 6.90. The fraction of sp³-hybridized carbons (Fsp3) is 0.562. The summed E-state index contributed by atoms with van der Waals surface area (Å²) in [6, 6.07) is 7.16. The highest BCUT2D eigenvalue weighted by atomic mass is 32.2. The standard InChI is InChI=1S/C16H22O4S/c1-4-13-5-7-14(8-6-13)16(17)12(3)21(18,19)15-9-10-20-11(15)2/h5-8,11-12,15H,4,9-10H2,1-3H3. The minimum atomic E-state index is -3.53. The second-order valence-corrected chi connectivity index (χ2v) is 8.04. The van der Waals surface area contributed by atoms with E-state index in [0.29, 0.717) is 18.6 Å². The molecule has 21 heavy (non-hydrogen) atoms. The number of ether oxygens (including phenoxy) is 1. The lowest BCUT2D eigenvalue weighted by Gasteiger charge is -2.19. The maximum Gasteiger partial charge on any atom is 0.180 e. The Bertz CT molecular complexity index is 604. The van der Waals surface area contributed by atoms with E-state index in [1.807, 2.05) is 19.1 Å². The van der Waals surface area contributed by atoms with Crippen LogP contribution in [0.5, 0.6) is 0 Å². The molecule has 0 aliphatic carbocycles. The van der Waals surface area contributed by atoms with E-state index in [4.69, 9.17) is 4.74 Å². The smallest absolute Gasteiger partial charge is 0.180 e. The average molecular weight is 310 g/mol. The zero-order valence-corrected chi connectivity index (χ0v) is 13.5. The molecule has 1 aliphatic heterocycles. The summed E-state index contributed by atoms with van der Waals surface area (Å²) in [4.78, 5) is 12.4. The quantitative estimate of drug-likeness (QED) is 0.784. The maximum atomic E-state index is 12.6. The molecule has 3 unspecified atom stereocenters. The first-order chi connectivity index (χ1) is 9.87. The Kier molecular flexibility index (Phi) is 4.84. The molecule has 0 bridgehead atoms. The highest BCUT2D eigenvalue weighted by Crippen LogP contribution is 2.25. The lowest BCUT2D eigenvalue weighted by molar-refractivity contribution is 0.0990. The fourth-order valence-electron chi connectivity index (χ4n) is 2.69. The van der Waals surface area contributed by atoms with E-state index in [-0.39, 0.29) is 11.9 Å². The van der Waals surface area contributed by atoms with Crippen LogP contribution in [0.15, 0.2) is 24.3 Å². The predicted octanol–water partition coefficient (Wildman–Crippen LogP) is 2.41. The van der Waals surface area contributed by atoms with E-state index >= 15 is 0 Å². The van der Waals surface area contributed by atoms with Gasteiger partial charge in [0.25, 0.3) is 0 Å². The molecule has 3 atom stereocenters. The first kappa shape index (κ1) is 16.2. The number of carbonyl (C=O) groups is 1. The molecule has 1 aromatic rings. The van der Waals surface area contributed by atoms with Crippen molar-refractivity contribution < 1.29 is 17.9 Å². The summed E-state index contributed by atoms with van der Waals surface area (Å²) in [5.41, 5.74) is 1.58. The van der Waals surface area contributed by atoms with Crippen LogP contribution in [0, 0.1) is 0 Å². The monoisotopic (exact) mass is 310 g/mol. The molecule has 0 radical (unpaired) electrons. The van der Waals surface area contributed by atoms with Crippen molar-refractivity contribution in [3.8, 4) is 0 Å². The van der Waals surface area contributed by atoms with E-state index < -0.39 is 20.3 Å². The molecule has 0 spiro atoms. The van der Waals surface area contributed by atoms with Crippen LogP contribution in [0.1, 0.15) is 43.1 Å². The number of Topliss-reactive ketones (excluding diaryl/α,β-unsaturated/α-hetero) is 1. The average Bonchev–Trinajstić information content (AvgIpc) is 2.92. The molecule has 1 saturated heterocycles. The van der Waals surface area contributed by atoms with Gasteiger partial charge in [-0.15, -0.1) is 0 Å². The van der Waals surface area contributed by atoms with Gasteiger partial charge < -0.3 is 4.74 Å². The Morgan fingerprint density at radius 2 is 1.95 bits per heavy atom. The third kappa shape index (κ3) is 3.19. The van der Waals surface area contributed by atoms with Crippen LogP contribution in [0.25, 0.3) is 0 Å². The maximum absolute atomic E-state index is 12.6. The molecule has 0 saturated carbocycles. The van der Waals surface area contributed by atoms with Gasteiger partial charge in [0.15, 0.2) is 15.6 Å². The van der Waals surface area contributed by atoms with Crippen LogP contribution in [0.4, 0.5) is 0 Å². The molecule has 1 aliphatic rings. The molecular formula is C16H22O4S. The number of hydrogen-bond donors (Lipinski definition) is 0. The Labute approximate surface area is 126 Å². The largest absolute Gasteiger partial charge is 0.377 e. The second kappa shape index (κ2) is 6.28. The van der Waals surface area contributed by atoms with Gasteiger partial charge in [0, 0.05) is 12.2 Å². The van der Waals surface area contributed by atoms with Crippen molar-refractivity contribution in [3.63, 3.8) is 0 Å². The molecule has 0 amide bonds. The van der Waals surface area contributed by atoms with Crippen LogP contribution < -0.4 is 0 Å². The van der Waals surface area contributed by atoms with E-state index in [1.54, 1.807) is 19.1 Å². The molecule has 5 heteroatoms. The Morgan fingerprint density at radius 1 is 1.33 bits per heavy atom. The normalized spacial score (nSPS) is 24.0. The van der Waals surface area contributed by atoms with Crippen molar-refractivity contribution in [2.45, 2.75) is 50.2 Å². The number of rotatable bonds is 5. The van der Waals surface area contributed by atoms with Gasteiger partial charge in [0.1, 0.15) is 5.25 Å². The molecule has 0 aromatic heterocycles. The Morgan fingerprint density at radius 3 is 2.43 bits per heavy atom. The summed E-state index contributed by atoms with van der Waals surface area (Å²) in [5, 5.41) is -1.61. The third-order valence-electron chi connectivity index (χ3n) is 4.24. The van der Waals surface area contributed by atoms with Crippen molar-refractivity contribution in [1.82, 2.24) is 0 Å². The van der Waals surface area contributed by atoms with Crippen molar-refractivity contribution >= 4 is 15.6 Å². The van der Waals surface area contributed by atoms with Gasteiger partial charge in [-0.2, -0.15) is 0 Å². The zero-order valence-electron chi connectivity index (χ0n) is 12.7. The highest BCUT2D eigenvalue weighted by molar-refractivity contribution is 7.93. The summed E-state index contributed by atoms with van der Waals surface area (Å²) in [6.07, 6.45) is 1.02. The number of benzene rings is 1. The molecule has 1 heterocycles. The minimum Gasteiger partial charge on any atom is -0.377 e. The van der Waals surface area contributed by atoms with Gasteiger partial charge in [-0.1, -0.05) is 31.2 Å². The number of sulfone groups is 1. The van der Waals surface area contributed by atoms with Gasteiger partial charge in [-0.25, -0.2) is 8.42 Å². The van der Waals surface area contributed by atoms with Gasteiger partial charge >= 0.3 is 0 Å². The number of carbonyl (C=O) groups excluding carboxylic acids is 1. The summed E-state index contributed by atoms with van der Waals surface area (Å²) in [7, 11) is -3.53. The molecule has 4 nitrogen and oxygen atoms in total. The topological polar surface area (TPSA) is 60.4 Å². The molecule has 116 valence electrons. The SMILES string of the molecule is CCc1ccc(C(=O)C(C)S(=O)(=O)C2CCOC2C)cc1. The number of hydrogen-bond acceptors (Lipinski definition) is 4. The van der Waals surface area contributed by atoms with E-state index in [9.17, 15) is 13.2 Å². The van der Waals surface area contributed by atoms with E-state index in [1.165, 1.54) is 6.92 Å². The lowest BCUT2D eigenvalue weighted by Crippen LogP contribution is -2.39. The summed E-state index contributed by atoms with van der Waals surface area (Å²) in [5.74, 6) is -0.336. The van der Waals surface area contributed by atoms with Gasteiger partial charge in [0.05, 0.1) is 11.4 Å². The lowest BCUT2D eigenvalue weighted by atomic mass is 10.1. The number of ketones is 1. The second-order valence-electron chi connectivity index (χ2n) is 5.55. The van der Waals surface area contributed by atoms with Crippen molar-refractivity contribution in [1.29, 1.82) is 0 Å². The first-order valence-corrected chi connectivity index (χ1v) is 8.96. The fourth-order valence-corrected chi connectivity index (χ4v) is 4.69. The molecule has 0 N–H and O–H groups in total. The van der Waals surface area contributed by atoms with Gasteiger partial charge in [-0.3, -0.25) is 4.79 Å². The van der Waals surface area contributed by atoms with Crippen molar-refractivity contribution in [3.05, 3.63) is 35.4 Å². The highest BCUT2D eigenvalue weighted by Gasteiger charge is 2.41. The Balaban J connectivity index is 2.21. The van der Waals surface area contributed by atoms with Crippen LogP contribution in [0.2, 0.25) is 0 Å². The molecular weight excluding hydrogens is 288 g/mol. The molecule has 1 fully saturated rings. The Hall–Kier alpha value is -1.20. The van der Waals surface area contributed by atoms with E-state index in [0.717, 1.165) is 12.0 Å². The number of aryl methyl sites for hydroxylation is 1.